The summed E-state index contributed by atoms with van der Waals surface area (Å²) in [5.74, 6) is 0.593. The van der Waals surface area contributed by atoms with Crippen molar-refractivity contribution in [1.29, 1.82) is 0 Å². The van der Waals surface area contributed by atoms with Crippen molar-refractivity contribution in [1.82, 2.24) is 0 Å². The third-order valence-electron chi connectivity index (χ3n) is 4.08. The first kappa shape index (κ1) is 32.8. The SMILES string of the molecule is CC.CC.CC(=O)CCc1ccccc1.CC(=O)Cc1ccccc1.CC(=O)c1ccccc1. The van der Waals surface area contributed by atoms with Crippen LogP contribution in [0.3, 0.4) is 0 Å². The molecule has 3 heteroatoms. The lowest BCUT2D eigenvalue weighted by Gasteiger charge is -1.96. The zero-order chi connectivity index (χ0) is 26.2. The molecule has 0 aliphatic heterocycles. The Morgan fingerprint density at radius 2 is 0.912 bits per heavy atom. The minimum atomic E-state index is 0.121. The van der Waals surface area contributed by atoms with Crippen molar-refractivity contribution >= 4 is 17.3 Å². The Kier molecular flexibility index (Phi) is 22.1. The molecule has 0 fully saturated rings. The first-order valence-electron chi connectivity index (χ1n) is 12.0. The van der Waals surface area contributed by atoms with Gasteiger partial charge in [0, 0.05) is 18.4 Å². The highest BCUT2D eigenvalue weighted by molar-refractivity contribution is 5.93. The number of Topliss-reactive ketones (excluding diaryl/α,β-unsaturated/α-hetero) is 3. The molecule has 0 heterocycles. The van der Waals surface area contributed by atoms with E-state index < -0.39 is 0 Å². The second-order valence-electron chi connectivity index (χ2n) is 6.97. The maximum absolute atomic E-state index is 10.6. The van der Waals surface area contributed by atoms with Crippen LogP contribution in [0.1, 0.15) is 76.4 Å². The van der Waals surface area contributed by atoms with E-state index in [-0.39, 0.29) is 17.3 Å². The minimum Gasteiger partial charge on any atom is -0.300 e. The van der Waals surface area contributed by atoms with Crippen LogP contribution in [0.4, 0.5) is 0 Å². The lowest BCUT2D eigenvalue weighted by Crippen LogP contribution is -1.94. The van der Waals surface area contributed by atoms with Crippen LogP contribution < -0.4 is 0 Å². The number of aryl methyl sites for hydroxylation is 1. The molecule has 3 aromatic carbocycles. The van der Waals surface area contributed by atoms with Gasteiger partial charge in [0.2, 0.25) is 0 Å². The summed E-state index contributed by atoms with van der Waals surface area (Å²) in [4.78, 5) is 31.9. The summed E-state index contributed by atoms with van der Waals surface area (Å²) in [5, 5.41) is 0. The largest absolute Gasteiger partial charge is 0.300 e. The predicted octanol–water partition coefficient (Wildman–Crippen LogP) is 7.97. The van der Waals surface area contributed by atoms with E-state index in [0.29, 0.717) is 12.8 Å². The van der Waals surface area contributed by atoms with E-state index in [4.69, 9.17) is 0 Å². The fourth-order valence-corrected chi connectivity index (χ4v) is 2.52. The second kappa shape index (κ2) is 22.8. The van der Waals surface area contributed by atoms with Crippen LogP contribution in [0.5, 0.6) is 0 Å². The molecule has 0 saturated heterocycles. The standard InChI is InChI=1S/C10H12O.C9H10O.C8H8O.2C2H6/c1-9(11)7-8-10-5-3-2-4-6-10;1-8(10)7-9-5-3-2-4-6-9;1-7(9)8-5-3-2-4-6-8;2*1-2/h2-6H,7-8H2,1H3;2-6H,7H2,1H3;2-6H,1H3;2*1-2H3. The molecule has 0 spiro atoms. The molecule has 0 unspecified atom stereocenters. The summed E-state index contributed by atoms with van der Waals surface area (Å²) in [6.07, 6.45) is 2.08. The first-order valence-corrected chi connectivity index (χ1v) is 12.0. The summed E-state index contributed by atoms with van der Waals surface area (Å²) in [6.45, 7) is 12.8. The molecule has 0 saturated carbocycles. The lowest BCUT2D eigenvalue weighted by molar-refractivity contribution is -0.117. The Labute approximate surface area is 207 Å². The molecule has 0 radical (unpaired) electrons. The number of benzene rings is 3. The lowest BCUT2D eigenvalue weighted by atomic mass is 10.1. The number of ketones is 3. The smallest absolute Gasteiger partial charge is 0.159 e. The Bertz CT molecular complexity index is 886. The van der Waals surface area contributed by atoms with Gasteiger partial charge in [0.1, 0.15) is 11.6 Å². The quantitative estimate of drug-likeness (QED) is 0.349. The number of hydrogen-bond acceptors (Lipinski definition) is 3. The molecular formula is C31H42O3. The summed E-state index contributed by atoms with van der Waals surface area (Å²) in [5.41, 5.74) is 3.11. The summed E-state index contributed by atoms with van der Waals surface area (Å²) >= 11 is 0. The van der Waals surface area contributed by atoms with E-state index in [1.807, 2.05) is 119 Å². The highest BCUT2D eigenvalue weighted by atomic mass is 16.1. The van der Waals surface area contributed by atoms with Crippen molar-refractivity contribution < 1.29 is 14.4 Å². The number of rotatable bonds is 6. The maximum Gasteiger partial charge on any atom is 0.159 e. The molecule has 0 N–H and O–H groups in total. The molecule has 34 heavy (non-hydrogen) atoms. The molecule has 0 bridgehead atoms. The van der Waals surface area contributed by atoms with Gasteiger partial charge in [-0.2, -0.15) is 0 Å². The minimum absolute atomic E-state index is 0.121. The van der Waals surface area contributed by atoms with Crippen molar-refractivity contribution in [3.05, 3.63) is 108 Å². The molecule has 0 aliphatic carbocycles. The van der Waals surface area contributed by atoms with Crippen LogP contribution in [0.2, 0.25) is 0 Å². The summed E-state index contributed by atoms with van der Waals surface area (Å²) < 4.78 is 0. The second-order valence-corrected chi connectivity index (χ2v) is 6.97. The predicted molar refractivity (Wildman–Crippen MR) is 145 cm³/mol. The monoisotopic (exact) mass is 462 g/mol. The van der Waals surface area contributed by atoms with Gasteiger partial charge in [-0.3, -0.25) is 9.59 Å². The number of carbonyl (C=O) groups excluding carboxylic acids is 3. The Morgan fingerprint density at radius 3 is 1.24 bits per heavy atom. The van der Waals surface area contributed by atoms with Gasteiger partial charge in [0.05, 0.1) is 0 Å². The van der Waals surface area contributed by atoms with E-state index >= 15 is 0 Å². The molecule has 184 valence electrons. The topological polar surface area (TPSA) is 51.2 Å². The van der Waals surface area contributed by atoms with E-state index in [0.717, 1.165) is 17.5 Å². The molecule has 0 aliphatic rings. The van der Waals surface area contributed by atoms with E-state index in [9.17, 15) is 14.4 Å². The van der Waals surface area contributed by atoms with Crippen molar-refractivity contribution in [2.24, 2.45) is 0 Å². The van der Waals surface area contributed by atoms with E-state index in [1.54, 1.807) is 20.8 Å². The van der Waals surface area contributed by atoms with E-state index in [1.165, 1.54) is 5.56 Å². The van der Waals surface area contributed by atoms with Gasteiger partial charge < -0.3 is 4.79 Å². The number of hydrogen-bond donors (Lipinski definition) is 0. The van der Waals surface area contributed by atoms with Crippen molar-refractivity contribution in [2.75, 3.05) is 0 Å². The van der Waals surface area contributed by atoms with Crippen LogP contribution >= 0.6 is 0 Å². The molecule has 0 atom stereocenters. The van der Waals surface area contributed by atoms with Crippen LogP contribution in [-0.2, 0) is 22.4 Å². The van der Waals surface area contributed by atoms with Gasteiger partial charge in [-0.15, -0.1) is 0 Å². The average molecular weight is 463 g/mol. The van der Waals surface area contributed by atoms with Crippen LogP contribution in [0.25, 0.3) is 0 Å². The van der Waals surface area contributed by atoms with Gasteiger partial charge in [0.15, 0.2) is 5.78 Å². The van der Waals surface area contributed by atoms with Gasteiger partial charge in [-0.25, -0.2) is 0 Å². The van der Waals surface area contributed by atoms with Crippen LogP contribution in [0, 0.1) is 0 Å². The Morgan fingerprint density at radius 1 is 0.529 bits per heavy atom. The first-order chi connectivity index (χ1) is 16.4. The molecule has 3 aromatic rings. The van der Waals surface area contributed by atoms with Gasteiger partial charge >= 0.3 is 0 Å². The zero-order valence-electron chi connectivity index (χ0n) is 22.0. The normalized spacial score (nSPS) is 8.56. The maximum atomic E-state index is 10.6. The van der Waals surface area contributed by atoms with Crippen molar-refractivity contribution in [2.45, 2.75) is 67.7 Å². The molecular weight excluding hydrogens is 420 g/mol. The van der Waals surface area contributed by atoms with E-state index in [2.05, 4.69) is 0 Å². The van der Waals surface area contributed by atoms with Crippen molar-refractivity contribution in [3.8, 4) is 0 Å². The highest BCUT2D eigenvalue weighted by Crippen LogP contribution is 2.02. The van der Waals surface area contributed by atoms with Crippen molar-refractivity contribution in [3.63, 3.8) is 0 Å². The highest BCUT2D eigenvalue weighted by Gasteiger charge is 1.95. The molecule has 0 aromatic heterocycles. The Hall–Kier alpha value is -3.33. The van der Waals surface area contributed by atoms with Gasteiger partial charge in [0.25, 0.3) is 0 Å². The molecule has 0 amide bonds. The molecule has 3 rings (SSSR count). The summed E-state index contributed by atoms with van der Waals surface area (Å²) in [6, 6.07) is 29.0. The fraction of sp³-hybridized carbons (Fsp3) is 0.323. The molecule has 3 nitrogen and oxygen atoms in total. The van der Waals surface area contributed by atoms with Crippen LogP contribution in [-0.4, -0.2) is 17.3 Å². The third-order valence-corrected chi connectivity index (χ3v) is 4.08. The summed E-state index contributed by atoms with van der Waals surface area (Å²) in [7, 11) is 0. The zero-order valence-corrected chi connectivity index (χ0v) is 22.0. The van der Waals surface area contributed by atoms with Gasteiger partial charge in [-0.1, -0.05) is 119 Å². The van der Waals surface area contributed by atoms with Crippen LogP contribution in [0.15, 0.2) is 91.0 Å². The Balaban J connectivity index is 0. The fourth-order valence-electron chi connectivity index (χ4n) is 2.52. The average Bonchev–Trinajstić information content (AvgIpc) is 2.87. The third kappa shape index (κ3) is 19.4. The van der Waals surface area contributed by atoms with Gasteiger partial charge in [-0.05, 0) is 38.3 Å². The number of carbonyl (C=O) groups is 3.